The maximum absolute atomic E-state index is 12.7. The number of nitrogens with one attached hydrogen (secondary N) is 1. The molecule has 0 spiro atoms. The van der Waals surface area contributed by atoms with Gasteiger partial charge in [0.15, 0.2) is 11.0 Å². The quantitative estimate of drug-likeness (QED) is 0.205. The van der Waals surface area contributed by atoms with Gasteiger partial charge in [0.2, 0.25) is 5.91 Å². The third-order valence-electron chi connectivity index (χ3n) is 5.34. The van der Waals surface area contributed by atoms with Gasteiger partial charge >= 0.3 is 5.97 Å². The van der Waals surface area contributed by atoms with Crippen LogP contribution >= 0.6 is 23.1 Å². The molecule has 0 unspecified atom stereocenters. The Morgan fingerprint density at radius 3 is 2.57 bits per heavy atom. The van der Waals surface area contributed by atoms with Crippen molar-refractivity contribution in [2.45, 2.75) is 51.9 Å². The molecular formula is C25H30N4O4S2. The number of rotatable bonds is 12. The summed E-state index contributed by atoms with van der Waals surface area (Å²) in [5, 5.41) is 12.4. The lowest BCUT2D eigenvalue weighted by Crippen LogP contribution is -2.17. The van der Waals surface area contributed by atoms with E-state index in [9.17, 15) is 9.59 Å². The van der Waals surface area contributed by atoms with Gasteiger partial charge in [-0.3, -0.25) is 9.36 Å². The van der Waals surface area contributed by atoms with E-state index in [2.05, 4.69) is 29.0 Å². The topological polar surface area (TPSA) is 95.3 Å². The third-order valence-corrected chi connectivity index (χ3v) is 7.37. The van der Waals surface area contributed by atoms with Crippen molar-refractivity contribution >= 4 is 40.0 Å². The van der Waals surface area contributed by atoms with Crippen molar-refractivity contribution in [3.8, 4) is 5.75 Å². The van der Waals surface area contributed by atoms with E-state index in [1.54, 1.807) is 6.08 Å². The van der Waals surface area contributed by atoms with Crippen LogP contribution in [0.25, 0.3) is 0 Å². The molecule has 0 aliphatic carbocycles. The van der Waals surface area contributed by atoms with Gasteiger partial charge in [-0.25, -0.2) is 4.79 Å². The molecule has 1 aromatic carbocycles. The van der Waals surface area contributed by atoms with Crippen molar-refractivity contribution in [2.75, 3.05) is 18.2 Å². The molecule has 3 aromatic rings. The number of amides is 1. The van der Waals surface area contributed by atoms with Crippen LogP contribution in [0.1, 0.15) is 46.0 Å². The number of carbonyl (C=O) groups excluding carboxylic acids is 2. The molecule has 0 bridgehead atoms. The predicted molar refractivity (Wildman–Crippen MR) is 139 cm³/mol. The zero-order valence-electron chi connectivity index (χ0n) is 20.4. The number of aromatic nitrogens is 3. The van der Waals surface area contributed by atoms with E-state index in [4.69, 9.17) is 9.47 Å². The molecule has 0 saturated carbocycles. The number of esters is 1. The Balaban J connectivity index is 1.66. The van der Waals surface area contributed by atoms with Gasteiger partial charge in [0.05, 0.1) is 18.4 Å². The summed E-state index contributed by atoms with van der Waals surface area (Å²) < 4.78 is 12.7. The number of carbonyl (C=O) groups is 2. The summed E-state index contributed by atoms with van der Waals surface area (Å²) in [5.74, 6) is 0.804. The van der Waals surface area contributed by atoms with Crippen LogP contribution in [-0.2, 0) is 35.5 Å². The summed E-state index contributed by atoms with van der Waals surface area (Å²) in [7, 11) is 1.34. The Bertz CT molecular complexity index is 1190. The SMILES string of the molecule is C=CCn1c(COc2ccc(CC)cc2)nnc1SCC(=O)Nc1sc(C)c(CC)c1C(=O)OC. The third kappa shape index (κ3) is 6.52. The number of anilines is 1. The lowest BCUT2D eigenvalue weighted by Gasteiger charge is -2.10. The van der Waals surface area contributed by atoms with Crippen molar-refractivity contribution in [1.82, 2.24) is 14.8 Å². The second kappa shape index (κ2) is 12.6. The first-order chi connectivity index (χ1) is 16.9. The molecular weight excluding hydrogens is 484 g/mol. The van der Waals surface area contributed by atoms with Gasteiger partial charge in [-0.1, -0.05) is 43.8 Å². The Labute approximate surface area is 213 Å². The van der Waals surface area contributed by atoms with Crippen molar-refractivity contribution in [3.63, 3.8) is 0 Å². The molecule has 0 radical (unpaired) electrons. The van der Waals surface area contributed by atoms with Crippen LogP contribution in [0.4, 0.5) is 5.00 Å². The van der Waals surface area contributed by atoms with Gasteiger partial charge in [-0.2, -0.15) is 0 Å². The highest BCUT2D eigenvalue weighted by molar-refractivity contribution is 7.99. The zero-order chi connectivity index (χ0) is 25.4. The van der Waals surface area contributed by atoms with Crippen LogP contribution in [0, 0.1) is 6.92 Å². The molecule has 0 fully saturated rings. The van der Waals surface area contributed by atoms with Gasteiger partial charge in [-0.15, -0.1) is 28.1 Å². The van der Waals surface area contributed by atoms with Crippen molar-refractivity contribution < 1.29 is 19.1 Å². The van der Waals surface area contributed by atoms with Crippen LogP contribution in [0.2, 0.25) is 0 Å². The number of aryl methyl sites for hydroxylation is 2. The highest BCUT2D eigenvalue weighted by atomic mass is 32.2. The fourth-order valence-corrected chi connectivity index (χ4v) is 5.43. The Kier molecular flexibility index (Phi) is 9.50. The maximum Gasteiger partial charge on any atom is 0.341 e. The second-order valence-electron chi connectivity index (χ2n) is 7.61. The normalized spacial score (nSPS) is 10.7. The number of allylic oxidation sites excluding steroid dienone is 1. The van der Waals surface area contributed by atoms with E-state index in [-0.39, 0.29) is 18.3 Å². The molecule has 35 heavy (non-hydrogen) atoms. The molecule has 2 heterocycles. The van der Waals surface area contributed by atoms with Gasteiger partial charge in [0.25, 0.3) is 0 Å². The Hall–Kier alpha value is -3.11. The molecule has 1 N–H and O–H groups in total. The molecule has 8 nitrogen and oxygen atoms in total. The molecule has 186 valence electrons. The Morgan fingerprint density at radius 2 is 1.94 bits per heavy atom. The fraction of sp³-hybridized carbons (Fsp3) is 0.360. The number of methoxy groups -OCH3 is 1. The minimum atomic E-state index is -0.450. The lowest BCUT2D eigenvalue weighted by atomic mass is 10.1. The van der Waals surface area contributed by atoms with E-state index in [0.29, 0.717) is 34.5 Å². The summed E-state index contributed by atoms with van der Waals surface area (Å²) >= 11 is 2.64. The summed E-state index contributed by atoms with van der Waals surface area (Å²) in [4.78, 5) is 26.0. The molecule has 3 rings (SSSR count). The number of nitrogens with zero attached hydrogens (tertiary/aromatic N) is 3. The highest BCUT2D eigenvalue weighted by Crippen LogP contribution is 2.34. The molecule has 2 aromatic heterocycles. The van der Waals surface area contributed by atoms with Crippen LogP contribution in [-0.4, -0.2) is 39.5 Å². The van der Waals surface area contributed by atoms with Crippen molar-refractivity contribution in [3.05, 3.63) is 64.3 Å². The van der Waals surface area contributed by atoms with Crippen molar-refractivity contribution in [1.29, 1.82) is 0 Å². The summed E-state index contributed by atoms with van der Waals surface area (Å²) in [6, 6.07) is 7.94. The van der Waals surface area contributed by atoms with Crippen LogP contribution in [0.3, 0.4) is 0 Å². The van der Waals surface area contributed by atoms with E-state index in [1.807, 2.05) is 42.7 Å². The van der Waals surface area contributed by atoms with E-state index in [0.717, 1.165) is 22.6 Å². The molecule has 0 saturated heterocycles. The average molecular weight is 515 g/mol. The first-order valence-electron chi connectivity index (χ1n) is 11.3. The van der Waals surface area contributed by atoms with Crippen LogP contribution in [0.5, 0.6) is 5.75 Å². The first kappa shape index (κ1) is 26.5. The average Bonchev–Trinajstić information content (AvgIpc) is 3.40. The summed E-state index contributed by atoms with van der Waals surface area (Å²) in [6.45, 7) is 10.5. The highest BCUT2D eigenvalue weighted by Gasteiger charge is 2.23. The minimum absolute atomic E-state index is 0.105. The van der Waals surface area contributed by atoms with Crippen LogP contribution < -0.4 is 10.1 Å². The molecule has 0 aliphatic rings. The van der Waals surface area contributed by atoms with E-state index < -0.39 is 5.97 Å². The summed E-state index contributed by atoms with van der Waals surface area (Å²) in [6.07, 6.45) is 3.39. The number of thioether (sulfide) groups is 1. The lowest BCUT2D eigenvalue weighted by molar-refractivity contribution is -0.113. The minimum Gasteiger partial charge on any atom is -0.486 e. The molecule has 10 heteroatoms. The largest absolute Gasteiger partial charge is 0.486 e. The smallest absolute Gasteiger partial charge is 0.341 e. The monoisotopic (exact) mass is 514 g/mol. The summed E-state index contributed by atoms with van der Waals surface area (Å²) in [5.41, 5.74) is 2.56. The van der Waals surface area contributed by atoms with Gasteiger partial charge in [0.1, 0.15) is 17.4 Å². The predicted octanol–water partition coefficient (Wildman–Crippen LogP) is 5.06. The van der Waals surface area contributed by atoms with Gasteiger partial charge in [-0.05, 0) is 43.0 Å². The number of benzene rings is 1. The van der Waals surface area contributed by atoms with Gasteiger partial charge < -0.3 is 14.8 Å². The second-order valence-corrected chi connectivity index (χ2v) is 9.77. The van der Waals surface area contributed by atoms with Gasteiger partial charge in [0, 0.05) is 11.4 Å². The number of hydrogen-bond acceptors (Lipinski definition) is 8. The van der Waals surface area contributed by atoms with E-state index in [1.165, 1.54) is 35.8 Å². The zero-order valence-corrected chi connectivity index (χ0v) is 22.1. The molecule has 1 amide bonds. The fourth-order valence-electron chi connectivity index (χ4n) is 3.52. The molecule has 0 atom stereocenters. The standard InChI is InChI=1S/C25H30N4O4S2/c1-6-13-29-20(14-33-18-11-9-17(7-2)10-12-18)27-28-25(29)34-15-21(30)26-23-22(24(31)32-5)19(8-3)16(4)35-23/h6,9-12H,1,7-8,13-15H2,2-5H3,(H,26,30). The Morgan fingerprint density at radius 1 is 1.20 bits per heavy atom. The van der Waals surface area contributed by atoms with Crippen molar-refractivity contribution in [2.24, 2.45) is 0 Å². The van der Waals surface area contributed by atoms with Crippen LogP contribution in [0.15, 0.2) is 42.1 Å². The number of ether oxygens (including phenoxy) is 2. The maximum atomic E-state index is 12.7. The first-order valence-corrected chi connectivity index (χ1v) is 13.1. The number of thiophene rings is 1. The molecule has 0 aliphatic heterocycles. The number of hydrogen-bond donors (Lipinski definition) is 1. The van der Waals surface area contributed by atoms with E-state index >= 15 is 0 Å².